The Morgan fingerprint density at radius 2 is 1.12 bits per heavy atom. The maximum absolute atomic E-state index is 11.4. The van der Waals surface area contributed by atoms with Crippen molar-refractivity contribution in [2.24, 2.45) is 0 Å². The number of hydrogen-bond acceptors (Lipinski definition) is 8. The summed E-state index contributed by atoms with van der Waals surface area (Å²) in [5, 5.41) is 20.5. The highest BCUT2D eigenvalue weighted by Gasteiger charge is 2.22. The first-order valence-electron chi connectivity index (χ1n) is 20.5. The van der Waals surface area contributed by atoms with Crippen molar-refractivity contribution in [2.75, 3.05) is 4.90 Å². The second-order valence-electron chi connectivity index (χ2n) is 14.5. The number of thiophene rings is 1. The maximum atomic E-state index is 11.4. The summed E-state index contributed by atoms with van der Waals surface area (Å²) in [6.07, 6.45) is 12.5. The SMILES string of the molecule is CCCCCCc1nc(-c2nc(CCCCCC)c(-c3ccc(-c4ccc(N(c5ccccc5)c5ccccc5)cc4)s3)s2)sc1-c1ccc(/C=C(/C#N)C(=O)O)cc1. The van der Waals surface area contributed by atoms with Gasteiger partial charge in [0.15, 0.2) is 10.0 Å². The van der Waals surface area contributed by atoms with Crippen LogP contribution in [0.2, 0.25) is 0 Å². The molecule has 0 aliphatic carbocycles. The lowest BCUT2D eigenvalue weighted by Gasteiger charge is -2.25. The number of aryl methyl sites for hydroxylation is 2. The van der Waals surface area contributed by atoms with Crippen molar-refractivity contribution >= 4 is 63.1 Å². The van der Waals surface area contributed by atoms with E-state index in [0.717, 1.165) is 81.0 Å². The van der Waals surface area contributed by atoms with E-state index in [1.165, 1.54) is 58.4 Å². The molecule has 0 amide bonds. The lowest BCUT2D eigenvalue weighted by atomic mass is 10.0. The number of nitriles is 1. The van der Waals surface area contributed by atoms with Crippen LogP contribution in [0, 0.1) is 11.3 Å². The average Bonchev–Trinajstić information content (AvgIpc) is 4.04. The Hall–Kier alpha value is -5.66. The first-order valence-corrected chi connectivity index (χ1v) is 23.0. The first kappa shape index (κ1) is 41.5. The summed E-state index contributed by atoms with van der Waals surface area (Å²) in [6, 6.07) is 43.9. The lowest BCUT2D eigenvalue weighted by molar-refractivity contribution is -0.132. The van der Waals surface area contributed by atoms with Crippen LogP contribution in [0.25, 0.3) is 46.7 Å². The number of aromatic nitrogens is 2. The highest BCUT2D eigenvalue weighted by molar-refractivity contribution is 7.27. The third kappa shape index (κ3) is 10.3. The molecule has 0 aliphatic heterocycles. The zero-order valence-electron chi connectivity index (χ0n) is 33.6. The van der Waals surface area contributed by atoms with Crippen LogP contribution in [-0.4, -0.2) is 21.0 Å². The van der Waals surface area contributed by atoms with Crippen LogP contribution < -0.4 is 4.90 Å². The number of thiazole rings is 2. The number of carboxylic acids is 1. The standard InChI is InChI=1S/C50H48N4O2S3/c1-3-5-7-15-21-42-46(37-25-23-35(24-26-37)33-38(34-51)50(55)56)58-48(52-42)49-53-43(22-16-8-6-4-2)47(59-49)45-32-31-44(57-45)36-27-29-41(30-28-36)54(39-17-11-9-12-18-39)40-19-13-10-14-20-40/h9-14,17-20,23-33H,3-8,15-16,21-22H2,1-2H3,(H,55,56)/b38-33-. The molecule has 3 heterocycles. The number of benzene rings is 4. The van der Waals surface area contributed by atoms with Crippen molar-refractivity contribution < 1.29 is 9.90 Å². The molecule has 59 heavy (non-hydrogen) atoms. The summed E-state index contributed by atoms with van der Waals surface area (Å²) in [5.41, 5.74) is 8.17. The number of unbranched alkanes of at least 4 members (excludes halogenated alkanes) is 6. The Bertz CT molecular complexity index is 2470. The Labute approximate surface area is 359 Å². The molecule has 0 atom stereocenters. The van der Waals surface area contributed by atoms with E-state index < -0.39 is 5.97 Å². The summed E-state index contributed by atoms with van der Waals surface area (Å²) >= 11 is 5.25. The van der Waals surface area contributed by atoms with Crippen LogP contribution in [0.3, 0.4) is 0 Å². The molecule has 298 valence electrons. The van der Waals surface area contributed by atoms with Crippen molar-refractivity contribution in [2.45, 2.75) is 78.1 Å². The minimum atomic E-state index is -1.23. The molecule has 0 spiro atoms. The lowest BCUT2D eigenvalue weighted by Crippen LogP contribution is -2.09. The van der Waals surface area contributed by atoms with Gasteiger partial charge in [-0.25, -0.2) is 14.8 Å². The van der Waals surface area contributed by atoms with Crippen LogP contribution in [0.15, 0.2) is 127 Å². The van der Waals surface area contributed by atoms with Crippen LogP contribution in [0.1, 0.15) is 82.2 Å². The van der Waals surface area contributed by atoms with Crippen LogP contribution in [0.5, 0.6) is 0 Å². The van der Waals surface area contributed by atoms with Gasteiger partial charge < -0.3 is 10.0 Å². The predicted molar refractivity (Wildman–Crippen MR) is 249 cm³/mol. The van der Waals surface area contributed by atoms with E-state index in [1.54, 1.807) is 28.7 Å². The van der Waals surface area contributed by atoms with Crippen LogP contribution in [0.4, 0.5) is 17.1 Å². The van der Waals surface area contributed by atoms with Crippen molar-refractivity contribution in [3.8, 4) is 46.7 Å². The Morgan fingerprint density at radius 1 is 0.610 bits per heavy atom. The number of carbonyl (C=O) groups is 1. The molecule has 1 N–H and O–H groups in total. The second kappa shape index (κ2) is 20.3. The topological polar surface area (TPSA) is 90.1 Å². The van der Waals surface area contributed by atoms with E-state index in [-0.39, 0.29) is 5.57 Å². The highest BCUT2D eigenvalue weighted by atomic mass is 32.1. The van der Waals surface area contributed by atoms with Crippen LogP contribution >= 0.6 is 34.0 Å². The van der Waals surface area contributed by atoms with Gasteiger partial charge in [0.1, 0.15) is 11.6 Å². The van der Waals surface area contributed by atoms with Crippen molar-refractivity contribution in [1.82, 2.24) is 9.97 Å². The first-order chi connectivity index (χ1) is 28.9. The summed E-state index contributed by atoms with van der Waals surface area (Å²) in [4.78, 5) is 29.1. The molecule has 6 nitrogen and oxygen atoms in total. The van der Waals surface area contributed by atoms with E-state index >= 15 is 0 Å². The molecule has 0 saturated carbocycles. The molecule has 0 fully saturated rings. The number of hydrogen-bond donors (Lipinski definition) is 1. The number of nitrogens with zero attached hydrogens (tertiary/aromatic N) is 4. The van der Waals surface area contributed by atoms with Gasteiger partial charge >= 0.3 is 5.97 Å². The van der Waals surface area contributed by atoms with Gasteiger partial charge in [0.05, 0.1) is 21.1 Å². The van der Waals surface area contributed by atoms with Gasteiger partial charge in [-0.3, -0.25) is 0 Å². The third-order valence-electron chi connectivity index (χ3n) is 10.2. The molecule has 7 aromatic rings. The van der Waals surface area contributed by atoms with Gasteiger partial charge in [0.25, 0.3) is 0 Å². The molecule has 4 aromatic carbocycles. The Balaban J connectivity index is 1.20. The fraction of sp³-hybridized carbons (Fsp3) is 0.240. The monoisotopic (exact) mass is 832 g/mol. The predicted octanol–water partition coefficient (Wildman–Crippen LogP) is 15.0. The summed E-state index contributed by atoms with van der Waals surface area (Å²) in [5.74, 6) is -1.23. The third-order valence-corrected chi connectivity index (χ3v) is 13.9. The zero-order valence-corrected chi connectivity index (χ0v) is 36.0. The fourth-order valence-corrected chi connectivity index (χ4v) is 10.5. The number of anilines is 3. The molecular formula is C50H48N4O2S3. The van der Waals surface area contributed by atoms with E-state index in [4.69, 9.17) is 9.97 Å². The van der Waals surface area contributed by atoms with E-state index in [9.17, 15) is 15.2 Å². The van der Waals surface area contributed by atoms with Gasteiger partial charge in [-0.05, 0) is 97.0 Å². The fourth-order valence-electron chi connectivity index (χ4n) is 7.11. The summed E-state index contributed by atoms with van der Waals surface area (Å²) < 4.78 is 0. The van der Waals surface area contributed by atoms with Gasteiger partial charge in [-0.2, -0.15) is 5.26 Å². The van der Waals surface area contributed by atoms with Crippen LogP contribution in [-0.2, 0) is 17.6 Å². The molecule has 0 aliphatic rings. The van der Waals surface area contributed by atoms with Crippen molar-refractivity contribution in [1.29, 1.82) is 5.26 Å². The molecule has 0 bridgehead atoms. The smallest absolute Gasteiger partial charge is 0.346 e. The molecule has 9 heteroatoms. The molecule has 0 radical (unpaired) electrons. The number of carboxylic acid groups (broad SMARTS) is 1. The molecule has 0 saturated heterocycles. The molecule has 3 aromatic heterocycles. The number of aliphatic carboxylic acids is 1. The van der Waals surface area contributed by atoms with E-state index in [1.807, 2.05) is 47.7 Å². The number of para-hydroxylation sites is 2. The summed E-state index contributed by atoms with van der Waals surface area (Å²) in [6.45, 7) is 4.47. The minimum absolute atomic E-state index is 0.288. The maximum Gasteiger partial charge on any atom is 0.346 e. The van der Waals surface area contributed by atoms with E-state index in [0.29, 0.717) is 5.56 Å². The largest absolute Gasteiger partial charge is 0.477 e. The highest BCUT2D eigenvalue weighted by Crippen LogP contribution is 2.45. The van der Waals surface area contributed by atoms with Gasteiger partial charge in [0.2, 0.25) is 0 Å². The number of rotatable bonds is 19. The van der Waals surface area contributed by atoms with Gasteiger partial charge in [-0.1, -0.05) is 125 Å². The van der Waals surface area contributed by atoms with Crippen molar-refractivity contribution in [3.63, 3.8) is 0 Å². The van der Waals surface area contributed by atoms with Crippen molar-refractivity contribution in [3.05, 3.63) is 144 Å². The Kier molecular flexibility index (Phi) is 14.3. The zero-order chi connectivity index (χ0) is 41.0. The Morgan fingerprint density at radius 3 is 1.66 bits per heavy atom. The molecule has 7 rings (SSSR count). The molecular weight excluding hydrogens is 785 g/mol. The van der Waals surface area contributed by atoms with Gasteiger partial charge in [0, 0.05) is 26.8 Å². The van der Waals surface area contributed by atoms with E-state index in [2.05, 4.69) is 104 Å². The normalized spacial score (nSPS) is 11.4. The molecule has 0 unspecified atom stereocenters. The second-order valence-corrected chi connectivity index (χ2v) is 17.6. The quantitative estimate of drug-likeness (QED) is 0.0496. The van der Waals surface area contributed by atoms with Gasteiger partial charge in [-0.15, -0.1) is 34.0 Å². The minimum Gasteiger partial charge on any atom is -0.477 e. The summed E-state index contributed by atoms with van der Waals surface area (Å²) in [7, 11) is 0. The average molecular weight is 833 g/mol.